The van der Waals surface area contributed by atoms with Gasteiger partial charge in [-0.1, -0.05) is 0 Å². The van der Waals surface area contributed by atoms with E-state index in [1.165, 1.54) is 0 Å². The third kappa shape index (κ3) is 2.86. The third-order valence-electron chi connectivity index (χ3n) is 3.85. The first-order valence-corrected chi connectivity index (χ1v) is 7.80. The molecule has 0 saturated carbocycles. The number of aliphatic imine (C=N–C) groups is 1. The molecule has 1 aromatic heterocycles. The van der Waals surface area contributed by atoms with Crippen molar-refractivity contribution in [3.05, 3.63) is 53.6 Å². The van der Waals surface area contributed by atoms with Crippen LogP contribution in [0.3, 0.4) is 0 Å². The number of nitrogens with zero attached hydrogens (tertiary/aromatic N) is 4. The van der Waals surface area contributed by atoms with Crippen LogP contribution >= 0.6 is 0 Å². The van der Waals surface area contributed by atoms with Gasteiger partial charge in [0.05, 0.1) is 22.7 Å². The molecule has 0 atom stereocenters. The molecule has 2 aromatic carbocycles. The molecule has 3 aromatic rings. The van der Waals surface area contributed by atoms with Gasteiger partial charge in [0, 0.05) is 24.2 Å². The number of hydrogen-bond acceptors (Lipinski definition) is 3. The zero-order chi connectivity index (χ0) is 17.3. The van der Waals surface area contributed by atoms with Crippen LogP contribution in [0.2, 0.25) is 0 Å². The van der Waals surface area contributed by atoms with Crippen molar-refractivity contribution in [3.8, 4) is 17.5 Å². The highest BCUT2D eigenvalue weighted by Crippen LogP contribution is 2.24. The van der Waals surface area contributed by atoms with E-state index in [1.807, 2.05) is 55.8 Å². The Kier molecular flexibility index (Phi) is 4.05. The summed E-state index contributed by atoms with van der Waals surface area (Å²) in [6, 6.07) is 15.6. The van der Waals surface area contributed by atoms with Crippen LogP contribution < -0.4 is 5.73 Å². The maximum atomic E-state index is 8.92. The first-order chi connectivity index (χ1) is 11.5. The van der Waals surface area contributed by atoms with Gasteiger partial charge in [0.1, 0.15) is 11.7 Å². The summed E-state index contributed by atoms with van der Waals surface area (Å²) in [7, 11) is 1.98. The van der Waals surface area contributed by atoms with E-state index in [-0.39, 0.29) is 6.04 Å². The Balaban J connectivity index is 2.08. The quantitative estimate of drug-likeness (QED) is 0.595. The van der Waals surface area contributed by atoms with Gasteiger partial charge in [-0.05, 0) is 56.3 Å². The lowest BCUT2D eigenvalue weighted by molar-refractivity contribution is 0.834. The van der Waals surface area contributed by atoms with Crippen molar-refractivity contribution < 1.29 is 0 Å². The summed E-state index contributed by atoms with van der Waals surface area (Å²) in [5, 5.41) is 8.92. The molecule has 0 spiro atoms. The van der Waals surface area contributed by atoms with E-state index in [0.29, 0.717) is 11.4 Å². The molecule has 0 unspecified atom stereocenters. The largest absolute Gasteiger partial charge is 0.383 e. The summed E-state index contributed by atoms with van der Waals surface area (Å²) in [5.74, 6) is 1.38. The van der Waals surface area contributed by atoms with E-state index < -0.39 is 0 Å². The summed E-state index contributed by atoms with van der Waals surface area (Å²) in [5.41, 5.74) is 10.4. The highest BCUT2D eigenvalue weighted by molar-refractivity contribution is 6.00. The average molecular weight is 317 g/mol. The summed E-state index contributed by atoms with van der Waals surface area (Å²) < 4.78 is 2.04. The Hall–Kier alpha value is -3.13. The molecule has 0 aliphatic heterocycles. The predicted octanol–water partition coefficient (Wildman–Crippen LogP) is 3.23. The predicted molar refractivity (Wildman–Crippen MR) is 96.7 cm³/mol. The fourth-order valence-electron chi connectivity index (χ4n) is 2.66. The number of benzene rings is 2. The van der Waals surface area contributed by atoms with E-state index in [0.717, 1.165) is 28.0 Å². The van der Waals surface area contributed by atoms with E-state index in [4.69, 9.17) is 16.0 Å². The Bertz CT molecular complexity index is 956. The van der Waals surface area contributed by atoms with E-state index >= 15 is 0 Å². The Labute approximate surface area is 141 Å². The number of hydrogen-bond donors (Lipinski definition) is 1. The lowest BCUT2D eigenvalue weighted by Gasteiger charge is -2.04. The zero-order valence-electron chi connectivity index (χ0n) is 14.0. The molecule has 120 valence electrons. The van der Waals surface area contributed by atoms with Gasteiger partial charge in [0.15, 0.2) is 0 Å². The number of aromatic nitrogens is 2. The summed E-state index contributed by atoms with van der Waals surface area (Å²) in [6.45, 7) is 3.99. The SMILES string of the molecule is CC(C)N=C(N)c1ccc2c(c1)nc(-c1ccc(C#N)cc1)n2C. The van der Waals surface area contributed by atoms with Crippen molar-refractivity contribution in [1.29, 1.82) is 5.26 Å². The second-order valence-electron chi connectivity index (χ2n) is 6.00. The molecular weight excluding hydrogens is 298 g/mol. The number of rotatable bonds is 3. The van der Waals surface area contributed by atoms with Crippen LogP contribution in [0, 0.1) is 11.3 Å². The summed E-state index contributed by atoms with van der Waals surface area (Å²) in [4.78, 5) is 9.12. The molecule has 24 heavy (non-hydrogen) atoms. The maximum Gasteiger partial charge on any atom is 0.140 e. The van der Waals surface area contributed by atoms with Crippen LogP contribution in [0.15, 0.2) is 47.5 Å². The molecule has 0 aliphatic rings. The van der Waals surface area contributed by atoms with Crippen LogP contribution in [-0.2, 0) is 7.05 Å². The molecule has 3 rings (SSSR count). The van der Waals surface area contributed by atoms with Gasteiger partial charge in [-0.2, -0.15) is 5.26 Å². The monoisotopic (exact) mass is 317 g/mol. The number of imidazole rings is 1. The van der Waals surface area contributed by atoms with Gasteiger partial charge in [-0.25, -0.2) is 4.98 Å². The second-order valence-corrected chi connectivity index (χ2v) is 6.00. The lowest BCUT2D eigenvalue weighted by Crippen LogP contribution is -2.15. The van der Waals surface area contributed by atoms with Crippen molar-refractivity contribution in [1.82, 2.24) is 9.55 Å². The molecule has 0 bridgehead atoms. The molecule has 0 saturated heterocycles. The number of amidine groups is 1. The summed E-state index contributed by atoms with van der Waals surface area (Å²) in [6.07, 6.45) is 0. The number of fused-ring (bicyclic) bond motifs is 1. The van der Waals surface area contributed by atoms with Crippen molar-refractivity contribution in [3.63, 3.8) is 0 Å². The molecule has 0 amide bonds. The smallest absolute Gasteiger partial charge is 0.140 e. The number of nitrogens with two attached hydrogens (primary N) is 1. The van der Waals surface area contributed by atoms with Crippen LogP contribution in [0.4, 0.5) is 0 Å². The topological polar surface area (TPSA) is 80.0 Å². The highest BCUT2D eigenvalue weighted by atomic mass is 15.1. The highest BCUT2D eigenvalue weighted by Gasteiger charge is 2.11. The Morgan fingerprint density at radius 1 is 1.21 bits per heavy atom. The standard InChI is InChI=1S/C19H19N5/c1-12(2)22-18(21)15-8-9-17-16(10-15)23-19(24(17)3)14-6-4-13(11-20)5-7-14/h4-10,12H,1-3H3,(H2,21,22). The van der Waals surface area contributed by atoms with E-state index in [9.17, 15) is 0 Å². The lowest BCUT2D eigenvalue weighted by atomic mass is 10.1. The van der Waals surface area contributed by atoms with Gasteiger partial charge >= 0.3 is 0 Å². The molecule has 5 heteroatoms. The van der Waals surface area contributed by atoms with Gasteiger partial charge in [-0.15, -0.1) is 0 Å². The molecule has 5 nitrogen and oxygen atoms in total. The minimum Gasteiger partial charge on any atom is -0.383 e. The summed E-state index contributed by atoms with van der Waals surface area (Å²) >= 11 is 0. The van der Waals surface area contributed by atoms with Gasteiger partial charge in [0.2, 0.25) is 0 Å². The Morgan fingerprint density at radius 3 is 2.54 bits per heavy atom. The molecule has 0 fully saturated rings. The van der Waals surface area contributed by atoms with E-state index in [2.05, 4.69) is 11.1 Å². The van der Waals surface area contributed by atoms with Crippen LogP contribution in [-0.4, -0.2) is 21.4 Å². The zero-order valence-corrected chi connectivity index (χ0v) is 14.0. The minimum atomic E-state index is 0.152. The van der Waals surface area contributed by atoms with E-state index in [1.54, 1.807) is 12.1 Å². The average Bonchev–Trinajstić information content (AvgIpc) is 2.90. The van der Waals surface area contributed by atoms with Crippen LogP contribution in [0.1, 0.15) is 25.0 Å². The van der Waals surface area contributed by atoms with Gasteiger partial charge in [-0.3, -0.25) is 4.99 Å². The molecule has 2 N–H and O–H groups in total. The number of nitriles is 1. The van der Waals surface area contributed by atoms with Crippen molar-refractivity contribution >= 4 is 16.9 Å². The first kappa shape index (κ1) is 15.8. The molecular formula is C19H19N5. The normalized spacial score (nSPS) is 11.9. The van der Waals surface area contributed by atoms with Crippen LogP contribution in [0.5, 0.6) is 0 Å². The molecule has 1 heterocycles. The Morgan fingerprint density at radius 2 is 1.92 bits per heavy atom. The molecule has 0 radical (unpaired) electrons. The molecule has 0 aliphatic carbocycles. The van der Waals surface area contributed by atoms with Gasteiger partial charge in [0.25, 0.3) is 0 Å². The van der Waals surface area contributed by atoms with Crippen molar-refractivity contribution in [2.75, 3.05) is 0 Å². The van der Waals surface area contributed by atoms with Crippen molar-refractivity contribution in [2.24, 2.45) is 17.8 Å². The van der Waals surface area contributed by atoms with Gasteiger partial charge < -0.3 is 10.3 Å². The van der Waals surface area contributed by atoms with Crippen LogP contribution in [0.25, 0.3) is 22.4 Å². The third-order valence-corrected chi connectivity index (χ3v) is 3.85. The fraction of sp³-hybridized carbons (Fsp3) is 0.211. The maximum absolute atomic E-state index is 8.92. The first-order valence-electron chi connectivity index (χ1n) is 7.80. The number of aryl methyl sites for hydroxylation is 1. The minimum absolute atomic E-state index is 0.152. The van der Waals surface area contributed by atoms with Crippen molar-refractivity contribution in [2.45, 2.75) is 19.9 Å². The fourth-order valence-corrected chi connectivity index (χ4v) is 2.66. The second kappa shape index (κ2) is 6.17.